The third kappa shape index (κ3) is 2.61. The van der Waals surface area contributed by atoms with E-state index in [-0.39, 0.29) is 11.8 Å². The van der Waals surface area contributed by atoms with Gasteiger partial charge in [0.1, 0.15) is 0 Å². The highest BCUT2D eigenvalue weighted by Gasteiger charge is 2.70. The van der Waals surface area contributed by atoms with E-state index in [1.807, 2.05) is 0 Å². The molecule has 2 aliphatic rings. The first-order chi connectivity index (χ1) is 11.3. The van der Waals surface area contributed by atoms with Gasteiger partial charge in [-0.15, -0.1) is 0 Å². The van der Waals surface area contributed by atoms with Gasteiger partial charge >= 0.3 is 0 Å². The Bertz CT molecular complexity index is 763. The highest BCUT2D eigenvalue weighted by atomic mass is 79.9. The summed E-state index contributed by atoms with van der Waals surface area (Å²) in [6.07, 6.45) is 1.78. The van der Waals surface area contributed by atoms with Crippen molar-refractivity contribution in [2.24, 2.45) is 0 Å². The predicted molar refractivity (Wildman–Crippen MR) is 105 cm³/mol. The zero-order chi connectivity index (χ0) is 17.1. The fourth-order valence-electron chi connectivity index (χ4n) is 3.86. The molecule has 24 heavy (non-hydrogen) atoms. The number of halogens is 2. The van der Waals surface area contributed by atoms with Gasteiger partial charge in [-0.2, -0.15) is 0 Å². The number of carbonyl (C=O) groups excluding carboxylic acids is 1. The van der Waals surface area contributed by atoms with Crippen LogP contribution in [0.15, 0.2) is 48.5 Å². The molecule has 0 heterocycles. The van der Waals surface area contributed by atoms with Gasteiger partial charge in [0.15, 0.2) is 5.78 Å². The molecule has 0 spiro atoms. The molecule has 124 valence electrons. The van der Waals surface area contributed by atoms with Gasteiger partial charge in [-0.25, -0.2) is 0 Å². The molecule has 0 aliphatic heterocycles. The Balaban J connectivity index is 1.55. The van der Waals surface area contributed by atoms with Crippen molar-refractivity contribution in [3.05, 3.63) is 70.8 Å². The zero-order valence-corrected chi connectivity index (χ0v) is 17.0. The predicted octanol–water partition coefficient (Wildman–Crippen LogP) is 5.81. The topological polar surface area (TPSA) is 17.1 Å². The van der Waals surface area contributed by atoms with Crippen LogP contribution in [0.5, 0.6) is 0 Å². The third-order valence-corrected chi connectivity index (χ3v) is 7.90. The van der Waals surface area contributed by atoms with Crippen molar-refractivity contribution in [1.82, 2.24) is 0 Å². The molecule has 0 N–H and O–H groups in total. The molecule has 1 nitrogen and oxygen atoms in total. The summed E-state index contributed by atoms with van der Waals surface area (Å²) in [4.78, 5) is 13.3. The molecule has 0 bridgehead atoms. The second-order valence-electron chi connectivity index (χ2n) is 7.40. The lowest BCUT2D eigenvalue weighted by Crippen LogP contribution is -2.29. The van der Waals surface area contributed by atoms with Gasteiger partial charge < -0.3 is 0 Å². The van der Waals surface area contributed by atoms with Crippen LogP contribution in [0.4, 0.5) is 0 Å². The lowest BCUT2D eigenvalue weighted by atomic mass is 10.0. The van der Waals surface area contributed by atoms with E-state index in [4.69, 9.17) is 0 Å². The van der Waals surface area contributed by atoms with Crippen LogP contribution in [0, 0.1) is 13.8 Å². The molecule has 2 saturated carbocycles. The minimum Gasteiger partial charge on any atom is -0.296 e. The van der Waals surface area contributed by atoms with Crippen LogP contribution in [-0.2, 0) is 4.79 Å². The minimum atomic E-state index is -0.400. The molecule has 2 aliphatic carbocycles. The summed E-state index contributed by atoms with van der Waals surface area (Å²) in [7, 11) is 0. The summed E-state index contributed by atoms with van der Waals surface area (Å²) < 4.78 is -0.800. The number of ketones is 1. The summed E-state index contributed by atoms with van der Waals surface area (Å²) in [5, 5.41) is 0. The first-order valence-electron chi connectivity index (χ1n) is 8.40. The Hall–Kier alpha value is -0.930. The number of Topliss-reactive ketones (excluding diaryl/α,β-unsaturated/α-hetero) is 1. The largest absolute Gasteiger partial charge is 0.296 e. The summed E-state index contributed by atoms with van der Waals surface area (Å²) >= 11 is 7.59. The summed E-state index contributed by atoms with van der Waals surface area (Å²) in [6.45, 7) is 4.20. The standard InChI is InChI=1S/C21H20Br2O/c1-13-5-3-7-15(9-13)17-11-20(17,22)19(24)21(23)12-18(21)16-8-4-6-14(2)10-16/h3-10,17-18H,11-12H2,1-2H3. The van der Waals surface area contributed by atoms with Crippen LogP contribution >= 0.6 is 31.9 Å². The molecule has 0 saturated heterocycles. The highest BCUT2D eigenvalue weighted by Crippen LogP contribution is 2.68. The van der Waals surface area contributed by atoms with E-state index in [1.165, 1.54) is 22.3 Å². The smallest absolute Gasteiger partial charge is 0.167 e. The maximum absolute atomic E-state index is 13.3. The number of hydrogen-bond donors (Lipinski definition) is 0. The molecule has 0 radical (unpaired) electrons. The molecule has 4 atom stereocenters. The highest BCUT2D eigenvalue weighted by molar-refractivity contribution is 9.11. The third-order valence-electron chi connectivity index (χ3n) is 5.43. The van der Waals surface area contributed by atoms with Gasteiger partial charge in [0.2, 0.25) is 0 Å². The first kappa shape index (κ1) is 16.5. The molecule has 4 unspecified atom stereocenters. The van der Waals surface area contributed by atoms with Gasteiger partial charge in [0.05, 0.1) is 8.65 Å². The average Bonchev–Trinajstić information content (AvgIpc) is 3.43. The van der Waals surface area contributed by atoms with Crippen molar-refractivity contribution in [1.29, 1.82) is 0 Å². The summed E-state index contributed by atoms with van der Waals surface area (Å²) in [5.41, 5.74) is 5.03. The van der Waals surface area contributed by atoms with E-state index in [0.29, 0.717) is 5.78 Å². The molecule has 2 fully saturated rings. The number of carbonyl (C=O) groups is 1. The fourth-order valence-corrected chi connectivity index (χ4v) is 6.01. The van der Waals surface area contributed by atoms with Crippen molar-refractivity contribution >= 4 is 37.6 Å². The van der Waals surface area contributed by atoms with E-state index in [1.54, 1.807) is 0 Å². The fraction of sp³-hybridized carbons (Fsp3) is 0.381. The maximum atomic E-state index is 13.3. The van der Waals surface area contributed by atoms with Crippen LogP contribution in [0.2, 0.25) is 0 Å². The Morgan fingerprint density at radius 2 is 1.29 bits per heavy atom. The van der Waals surface area contributed by atoms with Crippen molar-refractivity contribution in [3.63, 3.8) is 0 Å². The van der Waals surface area contributed by atoms with Crippen LogP contribution in [0.1, 0.15) is 46.9 Å². The van der Waals surface area contributed by atoms with Gasteiger partial charge in [0.25, 0.3) is 0 Å². The van der Waals surface area contributed by atoms with Crippen LogP contribution in [0.25, 0.3) is 0 Å². The van der Waals surface area contributed by atoms with E-state index in [0.717, 1.165) is 12.8 Å². The summed E-state index contributed by atoms with van der Waals surface area (Å²) in [6, 6.07) is 17.0. The van der Waals surface area contributed by atoms with Gasteiger partial charge in [-0.05, 0) is 37.8 Å². The number of benzene rings is 2. The van der Waals surface area contributed by atoms with Crippen molar-refractivity contribution < 1.29 is 4.79 Å². The lowest BCUT2D eigenvalue weighted by Gasteiger charge is -2.15. The van der Waals surface area contributed by atoms with Crippen molar-refractivity contribution in [2.75, 3.05) is 0 Å². The monoisotopic (exact) mass is 446 g/mol. The van der Waals surface area contributed by atoms with Crippen molar-refractivity contribution in [3.8, 4) is 0 Å². The number of hydrogen-bond acceptors (Lipinski definition) is 1. The molecule has 4 rings (SSSR count). The number of alkyl halides is 2. The molecular weight excluding hydrogens is 428 g/mol. The number of aryl methyl sites for hydroxylation is 2. The molecule has 0 amide bonds. The van der Waals surface area contributed by atoms with E-state index in [2.05, 4.69) is 94.2 Å². The Morgan fingerprint density at radius 3 is 1.67 bits per heavy atom. The quantitative estimate of drug-likeness (QED) is 0.540. The van der Waals surface area contributed by atoms with Crippen LogP contribution < -0.4 is 0 Å². The van der Waals surface area contributed by atoms with E-state index >= 15 is 0 Å². The van der Waals surface area contributed by atoms with Crippen LogP contribution in [0.3, 0.4) is 0 Å². The van der Waals surface area contributed by atoms with Gasteiger partial charge in [-0.3, -0.25) is 4.79 Å². The summed E-state index contributed by atoms with van der Waals surface area (Å²) in [5.74, 6) is 0.893. The van der Waals surface area contributed by atoms with Crippen LogP contribution in [-0.4, -0.2) is 14.4 Å². The van der Waals surface area contributed by atoms with E-state index in [9.17, 15) is 4.79 Å². The average molecular weight is 448 g/mol. The molecule has 2 aromatic carbocycles. The minimum absolute atomic E-state index is 0.290. The van der Waals surface area contributed by atoms with Gasteiger partial charge in [0, 0.05) is 11.8 Å². The maximum Gasteiger partial charge on any atom is 0.167 e. The normalized spacial score (nSPS) is 34.0. The Kier molecular flexibility index (Phi) is 3.81. The SMILES string of the molecule is Cc1cccc(C2CC2(Br)C(=O)C2(Br)CC2c2cccc(C)c2)c1. The van der Waals surface area contributed by atoms with Crippen molar-refractivity contribution in [2.45, 2.75) is 47.2 Å². The van der Waals surface area contributed by atoms with Gasteiger partial charge in [-0.1, -0.05) is 91.5 Å². The molecule has 0 aromatic heterocycles. The second kappa shape index (κ2) is 5.54. The molecule has 3 heteroatoms. The van der Waals surface area contributed by atoms with E-state index < -0.39 is 8.65 Å². The Morgan fingerprint density at radius 1 is 0.875 bits per heavy atom. The second-order valence-corrected chi connectivity index (χ2v) is 10.2. The number of rotatable bonds is 4. The molecular formula is C21H20Br2O. The lowest BCUT2D eigenvalue weighted by molar-refractivity contribution is -0.119. The first-order valence-corrected chi connectivity index (χ1v) is 9.99. The molecule has 2 aromatic rings. The zero-order valence-electron chi connectivity index (χ0n) is 13.9. The Labute approximate surface area is 160 Å².